The van der Waals surface area contributed by atoms with Gasteiger partial charge in [0.1, 0.15) is 0 Å². The summed E-state index contributed by atoms with van der Waals surface area (Å²) in [5, 5.41) is 13.7. The molecular formula is C11H20N2O3. The van der Waals surface area contributed by atoms with E-state index in [1.165, 1.54) is 12.8 Å². The molecule has 0 aromatic heterocycles. The molecule has 0 heterocycles. The van der Waals surface area contributed by atoms with E-state index in [0.29, 0.717) is 12.5 Å². The number of nitrogens with one attached hydrogen (secondary N) is 2. The van der Waals surface area contributed by atoms with Crippen LogP contribution >= 0.6 is 0 Å². The van der Waals surface area contributed by atoms with Crippen LogP contribution in [0.5, 0.6) is 0 Å². The maximum Gasteiger partial charge on any atom is 0.314 e. The van der Waals surface area contributed by atoms with Crippen molar-refractivity contribution in [3.63, 3.8) is 0 Å². The molecule has 5 nitrogen and oxygen atoms in total. The topological polar surface area (TPSA) is 78.4 Å². The summed E-state index contributed by atoms with van der Waals surface area (Å²) in [6.07, 6.45) is 2.29. The van der Waals surface area contributed by atoms with Crippen molar-refractivity contribution in [2.45, 2.75) is 33.1 Å². The van der Waals surface area contributed by atoms with E-state index in [1.807, 2.05) is 0 Å². The van der Waals surface area contributed by atoms with Crippen molar-refractivity contribution < 1.29 is 14.7 Å². The number of carboxylic acids is 1. The summed E-state index contributed by atoms with van der Waals surface area (Å²) >= 11 is 0. The first-order valence-corrected chi connectivity index (χ1v) is 5.70. The van der Waals surface area contributed by atoms with Crippen LogP contribution in [0.2, 0.25) is 0 Å². The first-order valence-electron chi connectivity index (χ1n) is 5.70. The van der Waals surface area contributed by atoms with E-state index in [4.69, 9.17) is 5.11 Å². The first kappa shape index (κ1) is 12.8. The average molecular weight is 228 g/mol. The van der Waals surface area contributed by atoms with E-state index in [-0.39, 0.29) is 24.4 Å². The number of rotatable bonds is 6. The molecule has 1 aliphatic carbocycles. The highest BCUT2D eigenvalue weighted by Crippen LogP contribution is 2.51. The first-order chi connectivity index (χ1) is 7.46. The average Bonchev–Trinajstić information content (AvgIpc) is 2.95. The standard InChI is InChI=1S/C11H20N2O3/c1-8(2)11(4-5-11)7-13-10(16)12-6-3-9(14)15/h8H,3-7H2,1-2H3,(H,14,15)(H2,12,13,16). The van der Waals surface area contributed by atoms with E-state index in [2.05, 4.69) is 24.5 Å². The zero-order chi connectivity index (χ0) is 12.2. The van der Waals surface area contributed by atoms with E-state index < -0.39 is 5.97 Å². The Kier molecular flexibility index (Phi) is 4.15. The Morgan fingerprint density at radius 2 is 1.94 bits per heavy atom. The quantitative estimate of drug-likeness (QED) is 0.639. The van der Waals surface area contributed by atoms with Crippen molar-refractivity contribution in [2.75, 3.05) is 13.1 Å². The van der Waals surface area contributed by atoms with Crippen LogP contribution in [-0.2, 0) is 4.79 Å². The third-order valence-electron chi connectivity index (χ3n) is 3.34. The maximum absolute atomic E-state index is 11.3. The highest BCUT2D eigenvalue weighted by Gasteiger charge is 2.45. The Hall–Kier alpha value is -1.26. The lowest BCUT2D eigenvalue weighted by molar-refractivity contribution is -0.136. The Morgan fingerprint density at radius 3 is 2.38 bits per heavy atom. The third-order valence-corrected chi connectivity index (χ3v) is 3.34. The van der Waals surface area contributed by atoms with E-state index >= 15 is 0 Å². The van der Waals surface area contributed by atoms with Crippen LogP contribution in [0.4, 0.5) is 4.79 Å². The van der Waals surface area contributed by atoms with Gasteiger partial charge in [0.2, 0.25) is 0 Å². The fraction of sp³-hybridized carbons (Fsp3) is 0.818. The van der Waals surface area contributed by atoms with Crippen LogP contribution in [-0.4, -0.2) is 30.2 Å². The summed E-state index contributed by atoms with van der Waals surface area (Å²) in [5.41, 5.74) is 0.282. The van der Waals surface area contributed by atoms with Crippen LogP contribution in [0.1, 0.15) is 33.1 Å². The summed E-state index contributed by atoms with van der Waals surface area (Å²) in [6.45, 7) is 5.19. The maximum atomic E-state index is 11.3. The predicted octanol–water partition coefficient (Wildman–Crippen LogP) is 1.20. The molecule has 1 fully saturated rings. The summed E-state index contributed by atoms with van der Waals surface area (Å²) in [7, 11) is 0. The van der Waals surface area contributed by atoms with E-state index in [9.17, 15) is 9.59 Å². The molecule has 0 aliphatic heterocycles. The Labute approximate surface area is 95.6 Å². The molecule has 5 heteroatoms. The third kappa shape index (κ3) is 3.72. The van der Waals surface area contributed by atoms with Gasteiger partial charge in [-0.15, -0.1) is 0 Å². The van der Waals surface area contributed by atoms with Gasteiger partial charge in [-0.1, -0.05) is 13.8 Å². The Bertz CT molecular complexity index is 272. The highest BCUT2D eigenvalue weighted by molar-refractivity contribution is 5.75. The second-order valence-electron chi connectivity index (χ2n) is 4.77. The highest BCUT2D eigenvalue weighted by atomic mass is 16.4. The van der Waals surface area contributed by atoms with E-state index in [0.717, 1.165) is 0 Å². The second kappa shape index (κ2) is 5.18. The molecule has 92 valence electrons. The number of carbonyl (C=O) groups excluding carboxylic acids is 1. The van der Waals surface area contributed by atoms with Gasteiger partial charge >= 0.3 is 12.0 Å². The van der Waals surface area contributed by atoms with Crippen LogP contribution < -0.4 is 10.6 Å². The van der Waals surface area contributed by atoms with Crippen LogP contribution in [0.25, 0.3) is 0 Å². The van der Waals surface area contributed by atoms with Gasteiger partial charge in [0.05, 0.1) is 6.42 Å². The normalized spacial score (nSPS) is 16.9. The van der Waals surface area contributed by atoms with Gasteiger partial charge in [0.15, 0.2) is 0 Å². The molecule has 0 atom stereocenters. The zero-order valence-electron chi connectivity index (χ0n) is 9.88. The second-order valence-corrected chi connectivity index (χ2v) is 4.77. The monoisotopic (exact) mass is 228 g/mol. The molecule has 1 saturated carbocycles. The number of hydrogen-bond acceptors (Lipinski definition) is 2. The fourth-order valence-corrected chi connectivity index (χ4v) is 1.72. The minimum Gasteiger partial charge on any atom is -0.481 e. The Balaban J connectivity index is 2.13. The number of carbonyl (C=O) groups is 2. The molecule has 0 unspecified atom stereocenters. The summed E-state index contributed by atoms with van der Waals surface area (Å²) < 4.78 is 0. The molecule has 0 aromatic rings. The Morgan fingerprint density at radius 1 is 1.31 bits per heavy atom. The number of amides is 2. The molecule has 0 aromatic carbocycles. The SMILES string of the molecule is CC(C)C1(CNC(=O)NCCC(=O)O)CC1. The molecule has 1 rings (SSSR count). The van der Waals surface area contributed by atoms with Crippen LogP contribution in [0, 0.1) is 11.3 Å². The van der Waals surface area contributed by atoms with Gasteiger partial charge in [0.25, 0.3) is 0 Å². The molecular weight excluding hydrogens is 208 g/mol. The largest absolute Gasteiger partial charge is 0.481 e. The van der Waals surface area contributed by atoms with Crippen molar-refractivity contribution in [1.29, 1.82) is 0 Å². The lowest BCUT2D eigenvalue weighted by Gasteiger charge is -2.20. The van der Waals surface area contributed by atoms with Crippen LogP contribution in [0.3, 0.4) is 0 Å². The smallest absolute Gasteiger partial charge is 0.314 e. The number of aliphatic carboxylic acids is 1. The van der Waals surface area contributed by atoms with Crippen molar-refractivity contribution >= 4 is 12.0 Å². The van der Waals surface area contributed by atoms with Gasteiger partial charge < -0.3 is 15.7 Å². The summed E-state index contributed by atoms with van der Waals surface area (Å²) in [6, 6.07) is -0.270. The molecule has 2 amide bonds. The van der Waals surface area contributed by atoms with Crippen molar-refractivity contribution in [3.8, 4) is 0 Å². The molecule has 0 spiro atoms. The molecule has 3 N–H and O–H groups in total. The molecule has 16 heavy (non-hydrogen) atoms. The van der Waals surface area contributed by atoms with Gasteiger partial charge in [-0.3, -0.25) is 4.79 Å². The van der Waals surface area contributed by atoms with E-state index in [1.54, 1.807) is 0 Å². The number of hydrogen-bond donors (Lipinski definition) is 3. The molecule has 0 bridgehead atoms. The molecule has 0 radical (unpaired) electrons. The number of carboxylic acid groups (broad SMARTS) is 1. The van der Waals surface area contributed by atoms with Crippen molar-refractivity contribution in [1.82, 2.24) is 10.6 Å². The number of urea groups is 1. The predicted molar refractivity (Wildman–Crippen MR) is 60.2 cm³/mol. The van der Waals surface area contributed by atoms with Gasteiger partial charge in [0, 0.05) is 13.1 Å². The van der Waals surface area contributed by atoms with Gasteiger partial charge in [-0.05, 0) is 24.2 Å². The van der Waals surface area contributed by atoms with Gasteiger partial charge in [-0.25, -0.2) is 4.79 Å². The molecule has 0 saturated heterocycles. The zero-order valence-corrected chi connectivity index (χ0v) is 9.88. The lowest BCUT2D eigenvalue weighted by atomic mass is 9.92. The lowest BCUT2D eigenvalue weighted by Crippen LogP contribution is -2.40. The van der Waals surface area contributed by atoms with Gasteiger partial charge in [-0.2, -0.15) is 0 Å². The summed E-state index contributed by atoms with van der Waals surface area (Å²) in [4.78, 5) is 21.5. The minimum atomic E-state index is -0.902. The summed E-state index contributed by atoms with van der Waals surface area (Å²) in [5.74, 6) is -0.326. The minimum absolute atomic E-state index is 0.0389. The van der Waals surface area contributed by atoms with Crippen molar-refractivity contribution in [2.24, 2.45) is 11.3 Å². The van der Waals surface area contributed by atoms with Crippen LogP contribution in [0.15, 0.2) is 0 Å². The fourth-order valence-electron chi connectivity index (χ4n) is 1.72. The van der Waals surface area contributed by atoms with Crippen molar-refractivity contribution in [3.05, 3.63) is 0 Å². The molecule has 1 aliphatic rings.